The normalized spacial score (nSPS) is 18.7. The second-order valence-corrected chi connectivity index (χ2v) is 18.8. The van der Waals surface area contributed by atoms with Crippen LogP contribution in [0.3, 0.4) is 0 Å². The standard InChI is InChI=1S/C51H47N5O6S3/c1-60-55-42(40-32-65-50(52-40)54-51(36-23-11-4-12-24-36,37-25-13-5-14-26-37)38-27-15-6-16-28-38)46(57)53-43-47(58)56-44(41(33-64-48(43)56)63-31-39-29-17-18-30-61-39)49(59)62-45(34-19-7-2-8-20-34)35-21-9-3-10-22-35/h2-16,19-28,32,39,43,45,48H,17-18,29-31,33H2,1H3,(H,52,54)(H,53,57)/b55-42-. The predicted molar refractivity (Wildman–Crippen MR) is 257 cm³/mol. The van der Waals surface area contributed by atoms with Crippen LogP contribution in [-0.4, -0.2) is 76.1 Å². The van der Waals surface area contributed by atoms with Gasteiger partial charge in [-0.15, -0.1) is 34.9 Å². The van der Waals surface area contributed by atoms with Gasteiger partial charge in [-0.2, -0.15) is 0 Å². The average molecular weight is 922 g/mol. The molecule has 1 aromatic heterocycles. The van der Waals surface area contributed by atoms with Gasteiger partial charge in [0.15, 0.2) is 16.9 Å². The van der Waals surface area contributed by atoms with E-state index in [0.29, 0.717) is 23.2 Å². The number of hydrogen-bond donors (Lipinski definition) is 2. The Kier molecular flexibility index (Phi) is 13.8. The largest absolute Gasteiger partial charge is 0.448 e. The number of fused-ring (bicyclic) bond motifs is 1. The van der Waals surface area contributed by atoms with Crippen molar-refractivity contribution in [2.45, 2.75) is 48.4 Å². The number of rotatable bonds is 16. The highest BCUT2D eigenvalue weighted by molar-refractivity contribution is 8.06. The molecule has 9 rings (SSSR count). The number of esters is 1. The third-order valence-electron chi connectivity index (χ3n) is 11.6. The molecule has 6 aromatic rings. The Balaban J connectivity index is 0.973. The number of ether oxygens (including phenoxy) is 2. The van der Waals surface area contributed by atoms with E-state index in [2.05, 4.69) is 52.2 Å². The number of thioether (sulfide) groups is 2. The molecular weight excluding hydrogens is 875 g/mol. The average Bonchev–Trinajstić information content (AvgIpc) is 3.84. The second-order valence-electron chi connectivity index (χ2n) is 15.7. The van der Waals surface area contributed by atoms with Gasteiger partial charge in [0.05, 0.1) is 6.10 Å². The number of β-lactam (4-membered cyclic amide) rings is 1. The van der Waals surface area contributed by atoms with Crippen molar-refractivity contribution in [1.29, 1.82) is 0 Å². The highest BCUT2D eigenvalue weighted by Gasteiger charge is 2.55. The molecule has 3 unspecified atom stereocenters. The Hall–Kier alpha value is -6.19. The van der Waals surface area contributed by atoms with Gasteiger partial charge in [0.2, 0.25) is 0 Å². The number of carbonyl (C=O) groups is 3. The van der Waals surface area contributed by atoms with Crippen molar-refractivity contribution in [2.24, 2.45) is 5.16 Å². The van der Waals surface area contributed by atoms with Crippen LogP contribution in [0.4, 0.5) is 5.13 Å². The first kappa shape index (κ1) is 44.0. The number of nitrogens with one attached hydrogen (secondary N) is 2. The topological polar surface area (TPSA) is 131 Å². The predicted octanol–water partition coefficient (Wildman–Crippen LogP) is 9.14. The van der Waals surface area contributed by atoms with Crippen LogP contribution in [0, 0.1) is 0 Å². The van der Waals surface area contributed by atoms with E-state index >= 15 is 0 Å². The first-order chi connectivity index (χ1) is 31.9. The summed E-state index contributed by atoms with van der Waals surface area (Å²) in [5.41, 5.74) is 4.09. The number of hydrogen-bond acceptors (Lipinski definition) is 12. The van der Waals surface area contributed by atoms with Crippen LogP contribution in [0.15, 0.2) is 173 Å². The third kappa shape index (κ3) is 9.35. The molecule has 11 nitrogen and oxygen atoms in total. The lowest BCUT2D eigenvalue weighted by Gasteiger charge is -2.49. The number of amides is 2. The van der Waals surface area contributed by atoms with Crippen LogP contribution >= 0.6 is 34.9 Å². The van der Waals surface area contributed by atoms with Crippen molar-refractivity contribution in [3.63, 3.8) is 0 Å². The number of thiazole rings is 1. The Labute approximate surface area is 390 Å². The van der Waals surface area contributed by atoms with Gasteiger partial charge in [0, 0.05) is 28.4 Å². The number of oxime groups is 1. The smallest absolute Gasteiger partial charge is 0.356 e. The fourth-order valence-corrected chi connectivity index (χ4v) is 11.9. The lowest BCUT2D eigenvalue weighted by Crippen LogP contribution is -2.71. The molecule has 0 bridgehead atoms. The fourth-order valence-electron chi connectivity index (χ4n) is 8.46. The van der Waals surface area contributed by atoms with E-state index in [1.165, 1.54) is 46.9 Å². The van der Waals surface area contributed by atoms with E-state index in [-0.39, 0.29) is 23.2 Å². The van der Waals surface area contributed by atoms with E-state index in [9.17, 15) is 14.4 Å². The summed E-state index contributed by atoms with van der Waals surface area (Å²) >= 11 is 4.34. The number of aromatic nitrogens is 1. The summed E-state index contributed by atoms with van der Waals surface area (Å²) in [5, 5.41) is 12.5. The highest BCUT2D eigenvalue weighted by atomic mass is 32.2. The zero-order chi connectivity index (χ0) is 44.6. The van der Waals surface area contributed by atoms with E-state index in [1.807, 2.05) is 115 Å². The van der Waals surface area contributed by atoms with E-state index < -0.39 is 40.8 Å². The molecule has 4 heterocycles. The maximum absolute atomic E-state index is 14.6. The van der Waals surface area contributed by atoms with Crippen molar-refractivity contribution < 1.29 is 28.7 Å². The highest BCUT2D eigenvalue weighted by Crippen LogP contribution is 2.45. The number of carbonyl (C=O) groups excluding carboxylic acids is 3. The Morgan fingerprint density at radius 1 is 0.846 bits per heavy atom. The molecule has 2 amide bonds. The van der Waals surface area contributed by atoms with Crippen LogP contribution in [0.2, 0.25) is 0 Å². The van der Waals surface area contributed by atoms with Crippen molar-refractivity contribution >= 4 is 63.5 Å². The van der Waals surface area contributed by atoms with Crippen molar-refractivity contribution in [2.75, 3.05) is 30.5 Å². The molecule has 3 aliphatic rings. The molecule has 65 heavy (non-hydrogen) atoms. The van der Waals surface area contributed by atoms with Crippen LogP contribution in [0.1, 0.15) is 58.9 Å². The second kappa shape index (κ2) is 20.3. The van der Waals surface area contributed by atoms with Crippen LogP contribution in [0.25, 0.3) is 0 Å². The molecule has 0 aliphatic carbocycles. The van der Waals surface area contributed by atoms with Crippen molar-refractivity contribution in [1.82, 2.24) is 15.2 Å². The van der Waals surface area contributed by atoms with Gasteiger partial charge in [-0.1, -0.05) is 157 Å². The molecular formula is C51H47N5O6S3. The summed E-state index contributed by atoms with van der Waals surface area (Å²) in [6, 6.07) is 48.6. The third-order valence-corrected chi connectivity index (χ3v) is 15.1. The van der Waals surface area contributed by atoms with Gasteiger partial charge in [-0.3, -0.25) is 14.5 Å². The molecule has 0 saturated carbocycles. The van der Waals surface area contributed by atoms with Crippen LogP contribution in [-0.2, 0) is 34.2 Å². The van der Waals surface area contributed by atoms with Gasteiger partial charge in [0.25, 0.3) is 11.8 Å². The fraction of sp³-hybridized carbons (Fsp3) is 0.235. The maximum atomic E-state index is 14.6. The van der Waals surface area contributed by atoms with E-state index in [0.717, 1.165) is 52.0 Å². The first-order valence-electron chi connectivity index (χ1n) is 21.5. The lowest BCUT2D eigenvalue weighted by atomic mass is 9.77. The zero-order valence-corrected chi connectivity index (χ0v) is 38.0. The zero-order valence-electron chi connectivity index (χ0n) is 35.6. The molecule has 3 atom stereocenters. The van der Waals surface area contributed by atoms with Crippen molar-refractivity contribution in [3.05, 3.63) is 201 Å². The Morgan fingerprint density at radius 2 is 1.42 bits per heavy atom. The minimum Gasteiger partial charge on any atom is -0.448 e. The molecule has 2 fully saturated rings. The van der Waals surface area contributed by atoms with Gasteiger partial charge >= 0.3 is 5.97 Å². The molecule has 5 aromatic carbocycles. The first-order valence-corrected chi connectivity index (χ1v) is 24.4. The summed E-state index contributed by atoms with van der Waals surface area (Å²) < 4.78 is 12.4. The van der Waals surface area contributed by atoms with Crippen LogP contribution < -0.4 is 10.6 Å². The number of nitrogens with zero attached hydrogens (tertiary/aromatic N) is 3. The summed E-state index contributed by atoms with van der Waals surface area (Å²) in [5.74, 6) is -0.596. The maximum Gasteiger partial charge on any atom is 0.356 e. The lowest BCUT2D eigenvalue weighted by molar-refractivity contribution is -0.154. The van der Waals surface area contributed by atoms with E-state index in [1.54, 1.807) is 5.38 Å². The van der Waals surface area contributed by atoms with Gasteiger partial charge in [-0.05, 0) is 47.1 Å². The quantitative estimate of drug-likeness (QED) is 0.0319. The van der Waals surface area contributed by atoms with Crippen LogP contribution in [0.5, 0.6) is 0 Å². The summed E-state index contributed by atoms with van der Waals surface area (Å²) in [6.45, 7) is 0.709. The molecule has 2 N–H and O–H groups in total. The van der Waals surface area contributed by atoms with Gasteiger partial charge < -0.3 is 24.9 Å². The summed E-state index contributed by atoms with van der Waals surface area (Å²) in [7, 11) is 1.36. The SMILES string of the molecule is CO/N=C(\C(=O)NC1C(=O)N2C(C(=O)OC(c3ccccc3)c3ccccc3)=C(SCC3CCCCO3)CSC12)c1csc(NC(c2ccccc2)(c2ccccc2)c2ccccc2)n1. The minimum atomic E-state index is -0.956. The van der Waals surface area contributed by atoms with Crippen molar-refractivity contribution in [3.8, 4) is 0 Å². The van der Waals surface area contributed by atoms with E-state index in [4.69, 9.17) is 19.3 Å². The molecule has 14 heteroatoms. The van der Waals surface area contributed by atoms with Gasteiger partial charge in [-0.25, -0.2) is 9.78 Å². The molecule has 2 saturated heterocycles. The molecule has 3 aliphatic heterocycles. The number of benzene rings is 5. The monoisotopic (exact) mass is 921 g/mol. The summed E-state index contributed by atoms with van der Waals surface area (Å²) in [6.07, 6.45) is 2.39. The Bertz CT molecular complexity index is 2510. The molecule has 330 valence electrons. The molecule has 0 spiro atoms. The molecule has 0 radical (unpaired) electrons. The van der Waals surface area contributed by atoms with Gasteiger partial charge in [0.1, 0.15) is 35.5 Å². The number of anilines is 1. The Morgan fingerprint density at radius 3 is 1.95 bits per heavy atom. The minimum absolute atomic E-state index is 0.0492. The summed E-state index contributed by atoms with van der Waals surface area (Å²) in [4.78, 5) is 55.5.